The Balaban J connectivity index is 2.03. The van der Waals surface area contributed by atoms with E-state index in [9.17, 15) is 9.59 Å². The molecule has 2 aromatic rings. The molecule has 0 spiro atoms. The molecule has 1 aromatic carbocycles. The first-order valence-electron chi connectivity index (χ1n) is 8.85. The van der Waals surface area contributed by atoms with Crippen LogP contribution in [0.2, 0.25) is 0 Å². The molecular formula is C19H23N3O4. The summed E-state index contributed by atoms with van der Waals surface area (Å²) in [5.41, 5.74) is 2.32. The molecule has 1 amide bonds. The highest BCUT2D eigenvalue weighted by molar-refractivity contribution is 5.95. The van der Waals surface area contributed by atoms with Gasteiger partial charge in [-0.2, -0.15) is 5.10 Å². The van der Waals surface area contributed by atoms with Crippen LogP contribution in [0.15, 0.2) is 30.3 Å². The van der Waals surface area contributed by atoms with Crippen LogP contribution in [0.1, 0.15) is 49.8 Å². The number of rotatable bonds is 5. The minimum absolute atomic E-state index is 0.168. The molecule has 0 saturated carbocycles. The first kappa shape index (κ1) is 18.1. The quantitative estimate of drug-likeness (QED) is 0.830. The van der Waals surface area contributed by atoms with E-state index in [4.69, 9.17) is 9.47 Å². The fourth-order valence-electron chi connectivity index (χ4n) is 3.02. The minimum atomic E-state index is -0.433. The summed E-state index contributed by atoms with van der Waals surface area (Å²) in [4.78, 5) is 23.9. The van der Waals surface area contributed by atoms with Gasteiger partial charge >= 0.3 is 5.97 Å². The molecule has 7 nitrogen and oxygen atoms in total. The Labute approximate surface area is 152 Å². The summed E-state index contributed by atoms with van der Waals surface area (Å²) in [6, 6.07) is 9.05. The summed E-state index contributed by atoms with van der Waals surface area (Å²) >= 11 is 0. The van der Waals surface area contributed by atoms with E-state index >= 15 is 0 Å². The van der Waals surface area contributed by atoms with Gasteiger partial charge in [0.05, 0.1) is 18.0 Å². The van der Waals surface area contributed by atoms with Gasteiger partial charge in [-0.1, -0.05) is 18.2 Å². The molecule has 0 radical (unpaired) electrons. The number of anilines is 1. The number of nitrogens with one attached hydrogen (secondary N) is 1. The monoisotopic (exact) mass is 357 g/mol. The lowest BCUT2D eigenvalue weighted by Gasteiger charge is -2.24. The number of aromatic nitrogens is 2. The van der Waals surface area contributed by atoms with E-state index in [-0.39, 0.29) is 18.7 Å². The van der Waals surface area contributed by atoms with Crippen molar-refractivity contribution in [2.75, 3.05) is 18.5 Å². The number of para-hydroxylation sites is 1. The average molecular weight is 357 g/mol. The van der Waals surface area contributed by atoms with E-state index in [1.807, 2.05) is 18.2 Å². The van der Waals surface area contributed by atoms with Crippen molar-refractivity contribution in [3.63, 3.8) is 0 Å². The molecule has 3 rings (SSSR count). The molecule has 138 valence electrons. The van der Waals surface area contributed by atoms with Gasteiger partial charge in [0.15, 0.2) is 6.23 Å². The van der Waals surface area contributed by atoms with Gasteiger partial charge in [0.2, 0.25) is 5.91 Å². The van der Waals surface area contributed by atoms with E-state index in [1.165, 1.54) is 6.92 Å². The van der Waals surface area contributed by atoms with Crippen molar-refractivity contribution in [3.8, 4) is 11.3 Å². The van der Waals surface area contributed by atoms with Crippen molar-refractivity contribution in [3.05, 3.63) is 36.0 Å². The molecule has 2 heterocycles. The molecule has 1 aliphatic heterocycles. The van der Waals surface area contributed by atoms with Gasteiger partial charge < -0.3 is 14.8 Å². The summed E-state index contributed by atoms with van der Waals surface area (Å²) in [5, 5.41) is 7.41. The predicted molar refractivity (Wildman–Crippen MR) is 96.8 cm³/mol. The standard InChI is InChI=1S/C19H23N3O4/c1-3-25-19(24)17-12-16(21-22(17)18-10-6-7-11-26-18)14-8-4-5-9-15(14)20-13(2)23/h4-5,8-9,12,18H,3,6-7,10-11H2,1-2H3,(H,20,23). The fourth-order valence-corrected chi connectivity index (χ4v) is 3.02. The van der Waals surface area contributed by atoms with Crippen LogP contribution in [-0.2, 0) is 14.3 Å². The van der Waals surface area contributed by atoms with Crippen molar-refractivity contribution in [1.29, 1.82) is 0 Å². The first-order chi connectivity index (χ1) is 12.6. The third kappa shape index (κ3) is 3.94. The lowest BCUT2D eigenvalue weighted by molar-refractivity contribution is -0.114. The van der Waals surface area contributed by atoms with Crippen LogP contribution in [0, 0.1) is 0 Å². The Bertz CT molecular complexity index is 794. The lowest BCUT2D eigenvalue weighted by Crippen LogP contribution is -2.23. The highest BCUT2D eigenvalue weighted by Gasteiger charge is 2.25. The van der Waals surface area contributed by atoms with Gasteiger partial charge in [-0.05, 0) is 38.3 Å². The number of nitrogens with zero attached hydrogens (tertiary/aromatic N) is 2. The SMILES string of the molecule is CCOC(=O)c1cc(-c2ccccc2NC(C)=O)nn1C1CCCCO1. The second kappa shape index (κ2) is 8.14. The predicted octanol–water partition coefficient (Wildman–Crippen LogP) is 3.38. The zero-order chi connectivity index (χ0) is 18.5. The third-order valence-electron chi connectivity index (χ3n) is 4.16. The molecule has 1 N–H and O–H groups in total. The number of esters is 1. The fraction of sp³-hybridized carbons (Fsp3) is 0.421. The second-order valence-electron chi connectivity index (χ2n) is 6.13. The molecule has 7 heteroatoms. The lowest BCUT2D eigenvalue weighted by atomic mass is 10.1. The van der Waals surface area contributed by atoms with Gasteiger partial charge in [0, 0.05) is 19.1 Å². The molecule has 1 fully saturated rings. The van der Waals surface area contributed by atoms with Crippen LogP contribution >= 0.6 is 0 Å². The molecule has 1 aliphatic rings. The maximum Gasteiger partial charge on any atom is 0.356 e. The Kier molecular flexibility index (Phi) is 5.68. The summed E-state index contributed by atoms with van der Waals surface area (Å²) < 4.78 is 12.6. The number of benzene rings is 1. The maximum atomic E-state index is 12.4. The minimum Gasteiger partial charge on any atom is -0.461 e. The molecule has 0 bridgehead atoms. The Morgan fingerprint density at radius 3 is 2.85 bits per heavy atom. The Morgan fingerprint density at radius 1 is 1.35 bits per heavy atom. The molecular weight excluding hydrogens is 334 g/mol. The average Bonchev–Trinajstić information content (AvgIpc) is 3.08. The van der Waals surface area contributed by atoms with Gasteiger partial charge in [-0.3, -0.25) is 4.79 Å². The zero-order valence-corrected chi connectivity index (χ0v) is 15.0. The largest absolute Gasteiger partial charge is 0.461 e. The van der Waals surface area contributed by atoms with E-state index < -0.39 is 5.97 Å². The number of carbonyl (C=O) groups excluding carboxylic acids is 2. The molecule has 1 aromatic heterocycles. The van der Waals surface area contributed by atoms with E-state index in [2.05, 4.69) is 10.4 Å². The highest BCUT2D eigenvalue weighted by Crippen LogP contribution is 2.31. The number of hydrogen-bond acceptors (Lipinski definition) is 5. The molecule has 1 atom stereocenters. The van der Waals surface area contributed by atoms with Crippen molar-refractivity contribution in [2.45, 2.75) is 39.3 Å². The van der Waals surface area contributed by atoms with E-state index in [0.29, 0.717) is 23.7 Å². The van der Waals surface area contributed by atoms with E-state index in [1.54, 1.807) is 23.7 Å². The van der Waals surface area contributed by atoms with E-state index in [0.717, 1.165) is 24.8 Å². The van der Waals surface area contributed by atoms with Crippen LogP contribution < -0.4 is 5.32 Å². The molecule has 0 aliphatic carbocycles. The summed E-state index contributed by atoms with van der Waals surface area (Å²) in [6.45, 7) is 4.15. The first-order valence-corrected chi connectivity index (χ1v) is 8.85. The Morgan fingerprint density at radius 2 is 2.15 bits per heavy atom. The van der Waals surface area contributed by atoms with Gasteiger partial charge in [-0.25, -0.2) is 9.48 Å². The van der Waals surface area contributed by atoms with Crippen LogP contribution in [0.5, 0.6) is 0 Å². The van der Waals surface area contributed by atoms with Crippen LogP contribution in [0.4, 0.5) is 5.69 Å². The van der Waals surface area contributed by atoms with Crippen LogP contribution in [0.25, 0.3) is 11.3 Å². The van der Waals surface area contributed by atoms with Crippen molar-refractivity contribution < 1.29 is 19.1 Å². The van der Waals surface area contributed by atoms with Gasteiger partial charge in [-0.15, -0.1) is 0 Å². The van der Waals surface area contributed by atoms with Crippen LogP contribution in [0.3, 0.4) is 0 Å². The second-order valence-corrected chi connectivity index (χ2v) is 6.13. The Hall–Kier alpha value is -2.67. The topological polar surface area (TPSA) is 82.5 Å². The number of ether oxygens (including phenoxy) is 2. The molecule has 1 unspecified atom stereocenters. The number of hydrogen-bond donors (Lipinski definition) is 1. The van der Waals surface area contributed by atoms with Crippen molar-refractivity contribution in [1.82, 2.24) is 9.78 Å². The number of carbonyl (C=O) groups is 2. The third-order valence-corrected chi connectivity index (χ3v) is 4.16. The van der Waals surface area contributed by atoms with Crippen molar-refractivity contribution >= 4 is 17.6 Å². The number of amides is 1. The summed E-state index contributed by atoms with van der Waals surface area (Å²) in [5.74, 6) is -0.601. The van der Waals surface area contributed by atoms with Crippen LogP contribution in [-0.4, -0.2) is 34.9 Å². The molecule has 1 saturated heterocycles. The highest BCUT2D eigenvalue weighted by atomic mass is 16.5. The molecule has 26 heavy (non-hydrogen) atoms. The summed E-state index contributed by atoms with van der Waals surface area (Å²) in [6.07, 6.45) is 2.53. The zero-order valence-electron chi connectivity index (χ0n) is 15.0. The summed E-state index contributed by atoms with van der Waals surface area (Å²) in [7, 11) is 0. The van der Waals surface area contributed by atoms with Gasteiger partial charge in [0.25, 0.3) is 0 Å². The van der Waals surface area contributed by atoms with Gasteiger partial charge in [0.1, 0.15) is 5.69 Å². The maximum absolute atomic E-state index is 12.4. The van der Waals surface area contributed by atoms with Crippen molar-refractivity contribution in [2.24, 2.45) is 0 Å². The normalized spacial score (nSPS) is 16.9. The smallest absolute Gasteiger partial charge is 0.356 e.